The van der Waals surface area contributed by atoms with Crippen molar-refractivity contribution in [3.63, 3.8) is 0 Å². The molecule has 1 aliphatic rings. The molecule has 0 saturated carbocycles. The molecule has 2 amide bonds. The second-order valence-corrected chi connectivity index (χ2v) is 8.72. The predicted octanol–water partition coefficient (Wildman–Crippen LogP) is 3.99. The Balaban J connectivity index is 1.41. The average molecular weight is 481 g/mol. The first-order valence-electron chi connectivity index (χ1n) is 10.8. The number of carbonyl (C=O) groups excluding carboxylic acids is 2. The van der Waals surface area contributed by atoms with E-state index in [0.717, 1.165) is 33.5 Å². The number of rotatable bonds is 6. The summed E-state index contributed by atoms with van der Waals surface area (Å²) in [6.07, 6.45) is 4.85. The number of aromatic nitrogens is 1. The van der Waals surface area contributed by atoms with Crippen LogP contribution in [0.25, 0.3) is 6.08 Å². The van der Waals surface area contributed by atoms with Crippen LogP contribution in [0.2, 0.25) is 0 Å². The van der Waals surface area contributed by atoms with Crippen molar-refractivity contribution >= 4 is 23.6 Å². The molecule has 35 heavy (non-hydrogen) atoms. The second-order valence-electron chi connectivity index (χ2n) is 8.72. The first-order valence-corrected chi connectivity index (χ1v) is 10.8. The number of anilines is 1. The number of fused-ring (bicyclic) bond motifs is 1. The Bertz CT molecular complexity index is 1400. The van der Waals surface area contributed by atoms with Gasteiger partial charge in [-0.1, -0.05) is 24.3 Å². The fourth-order valence-corrected chi connectivity index (χ4v) is 3.89. The van der Waals surface area contributed by atoms with Crippen LogP contribution < -0.4 is 16.2 Å². The number of hydrogen-bond acceptors (Lipinski definition) is 3. The SMILES string of the molecule is CC1(C)C(=O)Nc2cc(C=CCNC(=O)c3cccn(Cc4cc(F)c(F)c(F)c4)c3=O)ccc21. The molecular weight excluding hydrogens is 459 g/mol. The van der Waals surface area contributed by atoms with Gasteiger partial charge in [-0.15, -0.1) is 0 Å². The van der Waals surface area contributed by atoms with Crippen molar-refractivity contribution in [3.8, 4) is 0 Å². The zero-order valence-corrected chi connectivity index (χ0v) is 19.0. The maximum Gasteiger partial charge on any atom is 0.263 e. The van der Waals surface area contributed by atoms with Gasteiger partial charge in [0.1, 0.15) is 5.56 Å². The minimum absolute atomic E-state index is 0.0397. The number of halogens is 3. The highest BCUT2D eigenvalue weighted by Gasteiger charge is 2.38. The largest absolute Gasteiger partial charge is 0.348 e. The molecule has 2 aromatic carbocycles. The summed E-state index contributed by atoms with van der Waals surface area (Å²) in [5.41, 5.74) is 1.14. The molecule has 9 heteroatoms. The van der Waals surface area contributed by atoms with Gasteiger partial charge in [0.2, 0.25) is 5.91 Å². The molecule has 0 bridgehead atoms. The number of carbonyl (C=O) groups is 2. The van der Waals surface area contributed by atoms with E-state index in [1.165, 1.54) is 18.3 Å². The van der Waals surface area contributed by atoms with E-state index >= 15 is 0 Å². The number of pyridine rings is 1. The fraction of sp³-hybridized carbons (Fsp3) is 0.192. The van der Waals surface area contributed by atoms with Gasteiger partial charge in [-0.25, -0.2) is 13.2 Å². The Morgan fingerprint density at radius 1 is 1.09 bits per heavy atom. The van der Waals surface area contributed by atoms with Gasteiger partial charge in [-0.2, -0.15) is 0 Å². The molecule has 0 aliphatic carbocycles. The third-order valence-corrected chi connectivity index (χ3v) is 5.88. The van der Waals surface area contributed by atoms with Crippen LogP contribution in [0.15, 0.2) is 59.5 Å². The van der Waals surface area contributed by atoms with Crippen LogP contribution in [0.1, 0.15) is 40.9 Å². The predicted molar refractivity (Wildman–Crippen MR) is 126 cm³/mol. The van der Waals surface area contributed by atoms with E-state index in [0.29, 0.717) is 0 Å². The zero-order valence-electron chi connectivity index (χ0n) is 19.0. The van der Waals surface area contributed by atoms with Crippen LogP contribution in [-0.4, -0.2) is 22.9 Å². The molecule has 0 atom stereocenters. The third kappa shape index (κ3) is 4.75. The lowest BCUT2D eigenvalue weighted by atomic mass is 9.86. The summed E-state index contributed by atoms with van der Waals surface area (Å²) in [6, 6.07) is 10.0. The Labute approximate surface area is 199 Å². The Kier molecular flexibility index (Phi) is 6.34. The van der Waals surface area contributed by atoms with Crippen LogP contribution in [-0.2, 0) is 16.8 Å². The van der Waals surface area contributed by atoms with Crippen LogP contribution in [0, 0.1) is 17.5 Å². The van der Waals surface area contributed by atoms with Crippen LogP contribution in [0.3, 0.4) is 0 Å². The van der Waals surface area contributed by atoms with E-state index in [-0.39, 0.29) is 30.1 Å². The summed E-state index contributed by atoms with van der Waals surface area (Å²) in [6.45, 7) is 3.61. The van der Waals surface area contributed by atoms with Gasteiger partial charge in [-0.3, -0.25) is 14.4 Å². The minimum Gasteiger partial charge on any atom is -0.348 e. The minimum atomic E-state index is -1.59. The van der Waals surface area contributed by atoms with Gasteiger partial charge < -0.3 is 15.2 Å². The van der Waals surface area contributed by atoms with Crippen LogP contribution in [0.4, 0.5) is 18.9 Å². The number of nitrogens with one attached hydrogen (secondary N) is 2. The summed E-state index contributed by atoms with van der Waals surface area (Å²) in [7, 11) is 0. The zero-order chi connectivity index (χ0) is 25.3. The van der Waals surface area contributed by atoms with Crippen LogP contribution in [0.5, 0.6) is 0 Å². The van der Waals surface area contributed by atoms with Crippen molar-refractivity contribution in [1.29, 1.82) is 0 Å². The molecule has 4 rings (SSSR count). The van der Waals surface area contributed by atoms with Crippen molar-refractivity contribution in [2.75, 3.05) is 11.9 Å². The highest BCUT2D eigenvalue weighted by atomic mass is 19.2. The highest BCUT2D eigenvalue weighted by molar-refractivity contribution is 6.05. The quantitative estimate of drug-likeness (QED) is 0.523. The summed E-state index contributed by atoms with van der Waals surface area (Å²) in [5, 5.41) is 5.48. The molecule has 0 spiro atoms. The lowest BCUT2D eigenvalue weighted by Gasteiger charge is -2.14. The van der Waals surface area contributed by atoms with E-state index in [9.17, 15) is 27.6 Å². The normalized spacial score (nSPS) is 14.1. The molecule has 0 unspecified atom stereocenters. The smallest absolute Gasteiger partial charge is 0.263 e. The molecule has 1 aromatic heterocycles. The van der Waals surface area contributed by atoms with Crippen LogP contribution >= 0.6 is 0 Å². The van der Waals surface area contributed by atoms with Gasteiger partial charge in [-0.05, 0) is 60.9 Å². The van der Waals surface area contributed by atoms with Gasteiger partial charge in [0, 0.05) is 18.4 Å². The summed E-state index contributed by atoms with van der Waals surface area (Å²) in [4.78, 5) is 37.3. The Hall–Kier alpha value is -4.14. The molecule has 3 aromatic rings. The van der Waals surface area contributed by atoms with Crippen molar-refractivity contribution in [2.45, 2.75) is 25.8 Å². The molecule has 0 radical (unpaired) electrons. The lowest BCUT2D eigenvalue weighted by molar-refractivity contribution is -0.119. The Morgan fingerprint density at radius 3 is 2.51 bits per heavy atom. The first kappa shape index (κ1) is 24.0. The topological polar surface area (TPSA) is 80.2 Å². The van der Waals surface area contributed by atoms with E-state index in [1.54, 1.807) is 12.2 Å². The highest BCUT2D eigenvalue weighted by Crippen LogP contribution is 2.37. The maximum atomic E-state index is 13.5. The number of nitrogens with zero attached hydrogens (tertiary/aromatic N) is 1. The second kappa shape index (κ2) is 9.25. The summed E-state index contributed by atoms with van der Waals surface area (Å²) < 4.78 is 41.2. The lowest BCUT2D eigenvalue weighted by Crippen LogP contribution is -2.33. The van der Waals surface area contributed by atoms with E-state index < -0.39 is 34.3 Å². The van der Waals surface area contributed by atoms with Gasteiger partial charge in [0.25, 0.3) is 11.5 Å². The molecular formula is C26H22F3N3O3. The monoisotopic (exact) mass is 481 g/mol. The maximum absolute atomic E-state index is 13.5. The molecule has 0 saturated heterocycles. The van der Waals surface area contributed by atoms with Crippen molar-refractivity contribution in [2.24, 2.45) is 0 Å². The van der Waals surface area contributed by atoms with E-state index in [4.69, 9.17) is 0 Å². The van der Waals surface area contributed by atoms with E-state index in [1.807, 2.05) is 32.0 Å². The molecule has 180 valence electrons. The van der Waals surface area contributed by atoms with Crippen molar-refractivity contribution in [3.05, 3.63) is 105 Å². The average Bonchev–Trinajstić information content (AvgIpc) is 3.03. The van der Waals surface area contributed by atoms with Crippen molar-refractivity contribution < 1.29 is 22.8 Å². The number of hydrogen-bond donors (Lipinski definition) is 2. The van der Waals surface area contributed by atoms with Gasteiger partial charge >= 0.3 is 0 Å². The number of benzene rings is 2. The fourth-order valence-electron chi connectivity index (χ4n) is 3.89. The molecule has 0 fully saturated rings. The number of amides is 2. The molecule has 1 aliphatic heterocycles. The standard InChI is InChI=1S/C26H22F3N3O3/c1-26(2)18-8-7-15(13-21(18)31-25(26)35)5-3-9-30-23(33)17-6-4-10-32(24(17)34)14-16-11-19(27)22(29)20(28)12-16/h3-8,10-13H,9,14H2,1-2H3,(H,30,33)(H,31,35). The molecule has 2 heterocycles. The molecule has 2 N–H and O–H groups in total. The van der Waals surface area contributed by atoms with Gasteiger partial charge in [0.15, 0.2) is 17.5 Å². The summed E-state index contributed by atoms with van der Waals surface area (Å²) in [5.74, 6) is -4.99. The Morgan fingerprint density at radius 2 is 1.80 bits per heavy atom. The third-order valence-electron chi connectivity index (χ3n) is 5.88. The summed E-state index contributed by atoms with van der Waals surface area (Å²) >= 11 is 0. The van der Waals surface area contributed by atoms with Crippen molar-refractivity contribution in [1.82, 2.24) is 9.88 Å². The molecule has 6 nitrogen and oxygen atoms in total. The first-order chi connectivity index (χ1) is 16.6. The van der Waals surface area contributed by atoms with E-state index in [2.05, 4.69) is 10.6 Å². The van der Waals surface area contributed by atoms with Gasteiger partial charge in [0.05, 0.1) is 12.0 Å².